The molecule has 0 amide bonds. The molecule has 0 saturated carbocycles. The molecule has 1 aromatic heterocycles. The van der Waals surface area contributed by atoms with Crippen LogP contribution in [0.3, 0.4) is 0 Å². The molecule has 0 aliphatic rings. The minimum absolute atomic E-state index is 0.123. The van der Waals surface area contributed by atoms with Gasteiger partial charge < -0.3 is 4.74 Å². The first-order valence-electron chi connectivity index (χ1n) is 7.77. The Bertz CT molecular complexity index is 1130. The van der Waals surface area contributed by atoms with E-state index in [4.69, 9.17) is 15.3 Å². The quantitative estimate of drug-likeness (QED) is 0.653. The summed E-state index contributed by atoms with van der Waals surface area (Å²) in [5.74, 6) is -3.89. The van der Waals surface area contributed by atoms with Crippen molar-refractivity contribution in [3.05, 3.63) is 59.7 Å². The molecule has 0 saturated heterocycles. The molecule has 5 nitrogen and oxygen atoms in total. The highest BCUT2D eigenvalue weighted by atomic mass is 19.1. The molecule has 1 heterocycles. The number of pyridine rings is 1. The lowest BCUT2D eigenvalue weighted by Gasteiger charge is -2.12. The summed E-state index contributed by atoms with van der Waals surface area (Å²) in [5.41, 5.74) is -0.386. The third kappa shape index (κ3) is 3.07. The van der Waals surface area contributed by atoms with E-state index in [1.54, 1.807) is 6.07 Å². The Morgan fingerprint density at radius 2 is 1.85 bits per heavy atom. The van der Waals surface area contributed by atoms with Crippen molar-refractivity contribution in [3.63, 3.8) is 0 Å². The second kappa shape index (κ2) is 7.19. The van der Waals surface area contributed by atoms with Crippen molar-refractivity contribution in [2.45, 2.75) is 0 Å². The van der Waals surface area contributed by atoms with Gasteiger partial charge in [-0.15, -0.1) is 0 Å². The Labute approximate surface area is 153 Å². The van der Waals surface area contributed by atoms with Crippen LogP contribution in [0, 0.1) is 40.2 Å². The fourth-order valence-electron chi connectivity index (χ4n) is 2.70. The van der Waals surface area contributed by atoms with E-state index in [-0.39, 0.29) is 27.9 Å². The summed E-state index contributed by atoms with van der Waals surface area (Å²) in [6, 6.07) is 12.9. The summed E-state index contributed by atoms with van der Waals surface area (Å²) < 4.78 is 34.4. The van der Waals surface area contributed by atoms with Crippen molar-refractivity contribution in [2.24, 2.45) is 5.92 Å². The number of aromatic nitrogens is 1. The van der Waals surface area contributed by atoms with Crippen LogP contribution in [0.5, 0.6) is 5.75 Å². The van der Waals surface area contributed by atoms with Crippen molar-refractivity contribution >= 4 is 16.7 Å². The van der Waals surface area contributed by atoms with Crippen molar-refractivity contribution < 1.29 is 18.3 Å². The molecule has 0 unspecified atom stereocenters. The van der Waals surface area contributed by atoms with Crippen LogP contribution in [-0.4, -0.2) is 17.9 Å². The second-order valence-corrected chi connectivity index (χ2v) is 5.57. The number of ether oxygens (including phenoxy) is 1. The first kappa shape index (κ1) is 18.0. The van der Waals surface area contributed by atoms with Gasteiger partial charge in [0.15, 0.2) is 17.5 Å². The van der Waals surface area contributed by atoms with E-state index in [0.717, 1.165) is 0 Å². The summed E-state index contributed by atoms with van der Waals surface area (Å²) in [6.07, 6.45) is 0. The summed E-state index contributed by atoms with van der Waals surface area (Å²) in [4.78, 5) is 16.4. The standard InChI is InChI=1S/C20H11F2N3O2/c1-27-17-8-16(12-4-2-3-5-15(12)21)25-19-13(17)6-7-14(18(19)22)20(26)11(9-23)10-24/h2-8,11H,1H3. The molecule has 0 spiro atoms. The number of carbonyl (C=O) groups is 1. The Hall–Kier alpha value is -3.84. The van der Waals surface area contributed by atoms with Gasteiger partial charge in [-0.2, -0.15) is 10.5 Å². The molecule has 0 bridgehead atoms. The molecule has 2 aromatic carbocycles. The molecule has 0 radical (unpaired) electrons. The number of nitriles is 2. The monoisotopic (exact) mass is 363 g/mol. The molecule has 132 valence electrons. The summed E-state index contributed by atoms with van der Waals surface area (Å²) in [5, 5.41) is 18.0. The number of carbonyl (C=O) groups excluding carboxylic acids is 1. The van der Waals surface area contributed by atoms with Crippen LogP contribution in [0.15, 0.2) is 42.5 Å². The minimum atomic E-state index is -1.63. The van der Waals surface area contributed by atoms with E-state index in [2.05, 4.69) is 4.98 Å². The van der Waals surface area contributed by atoms with Gasteiger partial charge in [0, 0.05) is 17.0 Å². The number of hydrogen-bond donors (Lipinski definition) is 0. The molecule has 7 heteroatoms. The number of nitrogens with zero attached hydrogens (tertiary/aromatic N) is 3. The van der Waals surface area contributed by atoms with Crippen LogP contribution in [-0.2, 0) is 0 Å². The fourth-order valence-corrected chi connectivity index (χ4v) is 2.70. The largest absolute Gasteiger partial charge is 0.496 e. The molecule has 0 atom stereocenters. The number of Topliss-reactive ketones (excluding diaryl/α,β-unsaturated/α-hetero) is 1. The smallest absolute Gasteiger partial charge is 0.197 e. The second-order valence-electron chi connectivity index (χ2n) is 5.57. The average Bonchev–Trinajstić information content (AvgIpc) is 2.69. The highest BCUT2D eigenvalue weighted by Gasteiger charge is 2.25. The van der Waals surface area contributed by atoms with Gasteiger partial charge in [-0.25, -0.2) is 13.8 Å². The summed E-state index contributed by atoms with van der Waals surface area (Å²) >= 11 is 0. The van der Waals surface area contributed by atoms with Gasteiger partial charge in [-0.3, -0.25) is 4.79 Å². The first-order chi connectivity index (χ1) is 13.0. The topological polar surface area (TPSA) is 86.8 Å². The molecule has 0 aliphatic heterocycles. The van der Waals surface area contributed by atoms with Crippen molar-refractivity contribution in [1.82, 2.24) is 4.98 Å². The fraction of sp³-hybridized carbons (Fsp3) is 0.100. The molecule has 0 fully saturated rings. The van der Waals surface area contributed by atoms with Crippen LogP contribution in [0.25, 0.3) is 22.2 Å². The lowest BCUT2D eigenvalue weighted by molar-refractivity contribution is 0.0967. The highest BCUT2D eigenvalue weighted by Crippen LogP contribution is 2.33. The van der Waals surface area contributed by atoms with Crippen LogP contribution >= 0.6 is 0 Å². The molecule has 3 aromatic rings. The minimum Gasteiger partial charge on any atom is -0.496 e. The average molecular weight is 363 g/mol. The van der Waals surface area contributed by atoms with Crippen molar-refractivity contribution in [2.75, 3.05) is 7.11 Å². The number of benzene rings is 2. The van der Waals surface area contributed by atoms with Crippen LogP contribution in [0.2, 0.25) is 0 Å². The molecule has 3 rings (SSSR count). The van der Waals surface area contributed by atoms with Gasteiger partial charge in [0.25, 0.3) is 0 Å². The van der Waals surface area contributed by atoms with E-state index in [1.165, 1.54) is 55.6 Å². The maximum atomic E-state index is 15.0. The molecular formula is C20H11F2N3O2. The Morgan fingerprint density at radius 3 is 2.48 bits per heavy atom. The molecule has 27 heavy (non-hydrogen) atoms. The predicted octanol–water partition coefficient (Wildman–Crippen LogP) is 4.03. The van der Waals surface area contributed by atoms with Gasteiger partial charge >= 0.3 is 0 Å². The maximum absolute atomic E-state index is 15.0. The number of ketones is 1. The van der Waals surface area contributed by atoms with Crippen LogP contribution in [0.4, 0.5) is 8.78 Å². The zero-order chi connectivity index (χ0) is 19.6. The van der Waals surface area contributed by atoms with E-state index in [1.807, 2.05) is 0 Å². The van der Waals surface area contributed by atoms with Gasteiger partial charge in [0.2, 0.25) is 0 Å². The molecule has 0 aliphatic carbocycles. The number of methoxy groups -OCH3 is 1. The zero-order valence-electron chi connectivity index (χ0n) is 14.0. The van der Waals surface area contributed by atoms with Gasteiger partial charge in [0.05, 0.1) is 30.5 Å². The maximum Gasteiger partial charge on any atom is 0.197 e. The highest BCUT2D eigenvalue weighted by molar-refractivity contribution is 6.04. The van der Waals surface area contributed by atoms with Gasteiger partial charge in [0.1, 0.15) is 17.1 Å². The lowest BCUT2D eigenvalue weighted by Crippen LogP contribution is -2.13. The molecule has 0 N–H and O–H groups in total. The van der Waals surface area contributed by atoms with Crippen LogP contribution < -0.4 is 4.74 Å². The van der Waals surface area contributed by atoms with Crippen molar-refractivity contribution in [3.8, 4) is 29.1 Å². The van der Waals surface area contributed by atoms with Gasteiger partial charge in [-0.05, 0) is 24.3 Å². The Kier molecular flexibility index (Phi) is 4.78. The van der Waals surface area contributed by atoms with Crippen molar-refractivity contribution in [1.29, 1.82) is 10.5 Å². The van der Waals surface area contributed by atoms with Gasteiger partial charge in [-0.1, -0.05) is 12.1 Å². The predicted molar refractivity (Wildman–Crippen MR) is 92.7 cm³/mol. The Morgan fingerprint density at radius 1 is 1.15 bits per heavy atom. The third-order valence-electron chi connectivity index (χ3n) is 4.04. The number of hydrogen-bond acceptors (Lipinski definition) is 5. The third-order valence-corrected chi connectivity index (χ3v) is 4.04. The summed E-state index contributed by atoms with van der Waals surface area (Å²) in [7, 11) is 1.37. The van der Waals surface area contributed by atoms with E-state index < -0.39 is 28.9 Å². The molecular weight excluding hydrogens is 352 g/mol. The number of fused-ring (bicyclic) bond motifs is 1. The number of halogens is 2. The number of rotatable bonds is 4. The first-order valence-corrected chi connectivity index (χ1v) is 7.77. The van der Waals surface area contributed by atoms with E-state index in [0.29, 0.717) is 0 Å². The van der Waals surface area contributed by atoms with E-state index >= 15 is 4.39 Å². The van der Waals surface area contributed by atoms with E-state index in [9.17, 15) is 9.18 Å². The Balaban J connectivity index is 2.29. The zero-order valence-corrected chi connectivity index (χ0v) is 14.0. The normalized spacial score (nSPS) is 10.4. The van der Waals surface area contributed by atoms with Crippen LogP contribution in [0.1, 0.15) is 10.4 Å². The summed E-state index contributed by atoms with van der Waals surface area (Å²) in [6.45, 7) is 0. The SMILES string of the molecule is COc1cc(-c2ccccc2F)nc2c(F)c(C(=O)C(C#N)C#N)ccc12. The lowest BCUT2D eigenvalue weighted by atomic mass is 9.97.